The highest BCUT2D eigenvalue weighted by atomic mass is 35.5. The van der Waals surface area contributed by atoms with Gasteiger partial charge in [-0.25, -0.2) is 0 Å². The summed E-state index contributed by atoms with van der Waals surface area (Å²) in [6, 6.07) is 5.54. The molecule has 5 heteroatoms. The molecule has 20 heavy (non-hydrogen) atoms. The summed E-state index contributed by atoms with van der Waals surface area (Å²) in [5.74, 6) is 1.33. The molecule has 0 radical (unpaired) electrons. The zero-order valence-corrected chi connectivity index (χ0v) is 13.4. The molecule has 1 amide bonds. The molecule has 1 unspecified atom stereocenters. The zero-order chi connectivity index (χ0) is 15.1. The topological polar surface area (TPSA) is 42.8 Å². The first-order chi connectivity index (χ1) is 9.42. The maximum atomic E-state index is 11.8. The third-order valence-corrected chi connectivity index (χ3v) is 3.14. The summed E-state index contributed by atoms with van der Waals surface area (Å²) in [4.78, 5) is 12.9. The van der Waals surface area contributed by atoms with Crippen molar-refractivity contribution in [1.29, 1.82) is 0 Å². The van der Waals surface area contributed by atoms with Crippen LogP contribution in [0.2, 0.25) is 5.02 Å². The van der Waals surface area contributed by atoms with Gasteiger partial charge in [-0.2, -0.15) is 0 Å². The van der Waals surface area contributed by atoms with E-state index in [1.807, 2.05) is 19.2 Å². The van der Waals surface area contributed by atoms with Gasteiger partial charge in [0.2, 0.25) is 0 Å². The average Bonchev–Trinajstić information content (AvgIpc) is 2.36. The van der Waals surface area contributed by atoms with Gasteiger partial charge in [-0.15, -0.1) is 0 Å². The number of rotatable bonds is 7. The van der Waals surface area contributed by atoms with Gasteiger partial charge in [-0.05, 0) is 24.1 Å². The number of carbonyl (C=O) groups excluding carboxylic acids is 1. The van der Waals surface area contributed by atoms with Crippen molar-refractivity contribution in [2.24, 2.45) is 5.92 Å². The Bertz CT molecular complexity index is 449. The van der Waals surface area contributed by atoms with E-state index in [-0.39, 0.29) is 5.91 Å². The van der Waals surface area contributed by atoms with Crippen LogP contribution < -0.4 is 15.0 Å². The molecule has 0 heterocycles. The SMILES string of the molecule is COc1ccc(Cl)cc1C[NH+](C)CC(=O)NCC(C)C. The van der Waals surface area contributed by atoms with Crippen LogP contribution in [0.4, 0.5) is 0 Å². The number of amides is 1. The van der Waals surface area contributed by atoms with Crippen LogP contribution in [-0.4, -0.2) is 33.2 Å². The fourth-order valence-electron chi connectivity index (χ4n) is 1.93. The van der Waals surface area contributed by atoms with Gasteiger partial charge in [0, 0.05) is 17.1 Å². The van der Waals surface area contributed by atoms with Gasteiger partial charge in [0.25, 0.3) is 5.91 Å². The van der Waals surface area contributed by atoms with E-state index >= 15 is 0 Å². The minimum absolute atomic E-state index is 0.0668. The van der Waals surface area contributed by atoms with Gasteiger partial charge in [0.05, 0.1) is 14.2 Å². The van der Waals surface area contributed by atoms with Gasteiger partial charge in [0.15, 0.2) is 6.54 Å². The molecule has 0 aromatic heterocycles. The third kappa shape index (κ3) is 5.80. The first-order valence-electron chi connectivity index (χ1n) is 6.82. The van der Waals surface area contributed by atoms with E-state index in [0.717, 1.165) is 16.2 Å². The quantitative estimate of drug-likeness (QED) is 0.793. The largest absolute Gasteiger partial charge is 0.496 e. The molecule has 2 N–H and O–H groups in total. The summed E-state index contributed by atoms with van der Waals surface area (Å²) in [6.45, 7) is 6.00. The van der Waals surface area contributed by atoms with Crippen molar-refractivity contribution in [2.75, 3.05) is 27.2 Å². The van der Waals surface area contributed by atoms with E-state index in [1.54, 1.807) is 13.2 Å². The summed E-state index contributed by atoms with van der Waals surface area (Å²) in [6.07, 6.45) is 0. The van der Waals surface area contributed by atoms with Crippen LogP contribution >= 0.6 is 11.6 Å². The summed E-state index contributed by atoms with van der Waals surface area (Å²) in [5, 5.41) is 3.60. The number of likely N-dealkylation sites (N-methyl/N-ethyl adjacent to an activating group) is 1. The maximum Gasteiger partial charge on any atom is 0.275 e. The second-order valence-corrected chi connectivity index (χ2v) is 5.90. The predicted octanol–water partition coefficient (Wildman–Crippen LogP) is 1.14. The smallest absolute Gasteiger partial charge is 0.275 e. The van der Waals surface area contributed by atoms with Crippen molar-refractivity contribution in [1.82, 2.24) is 5.32 Å². The van der Waals surface area contributed by atoms with E-state index in [0.29, 0.717) is 30.6 Å². The Morgan fingerprint density at radius 3 is 2.75 bits per heavy atom. The first kappa shape index (κ1) is 16.8. The number of hydrogen-bond acceptors (Lipinski definition) is 2. The molecule has 0 spiro atoms. The van der Waals surface area contributed by atoms with Crippen molar-refractivity contribution >= 4 is 17.5 Å². The molecule has 1 aromatic rings. The lowest BCUT2D eigenvalue weighted by atomic mass is 10.2. The van der Waals surface area contributed by atoms with Gasteiger partial charge in [-0.3, -0.25) is 4.79 Å². The van der Waals surface area contributed by atoms with Crippen LogP contribution in [-0.2, 0) is 11.3 Å². The summed E-state index contributed by atoms with van der Waals surface area (Å²) in [5.41, 5.74) is 1.01. The number of nitrogens with one attached hydrogen (secondary N) is 2. The Morgan fingerprint density at radius 1 is 1.45 bits per heavy atom. The Labute approximate surface area is 126 Å². The maximum absolute atomic E-state index is 11.8. The van der Waals surface area contributed by atoms with E-state index in [1.165, 1.54) is 0 Å². The van der Waals surface area contributed by atoms with Crippen molar-refractivity contribution in [2.45, 2.75) is 20.4 Å². The molecular formula is C15H24ClN2O2+. The fourth-order valence-corrected chi connectivity index (χ4v) is 2.12. The van der Waals surface area contributed by atoms with Crippen molar-refractivity contribution in [3.8, 4) is 5.75 Å². The first-order valence-corrected chi connectivity index (χ1v) is 7.20. The molecule has 0 saturated carbocycles. The average molecular weight is 300 g/mol. The predicted molar refractivity (Wildman–Crippen MR) is 81.3 cm³/mol. The van der Waals surface area contributed by atoms with E-state index < -0.39 is 0 Å². The molecule has 0 aliphatic rings. The van der Waals surface area contributed by atoms with Gasteiger partial charge in [0.1, 0.15) is 12.3 Å². The van der Waals surface area contributed by atoms with Crippen LogP contribution in [0, 0.1) is 5.92 Å². The van der Waals surface area contributed by atoms with Crippen molar-refractivity contribution in [3.05, 3.63) is 28.8 Å². The van der Waals surface area contributed by atoms with Crippen LogP contribution in [0.1, 0.15) is 19.4 Å². The highest BCUT2D eigenvalue weighted by molar-refractivity contribution is 6.30. The number of carbonyl (C=O) groups is 1. The number of quaternary nitrogens is 1. The minimum Gasteiger partial charge on any atom is -0.496 e. The highest BCUT2D eigenvalue weighted by Crippen LogP contribution is 2.21. The van der Waals surface area contributed by atoms with Crippen LogP contribution in [0.5, 0.6) is 5.75 Å². The number of methoxy groups -OCH3 is 1. The Kier molecular flexibility index (Phi) is 6.82. The van der Waals surface area contributed by atoms with Gasteiger partial charge >= 0.3 is 0 Å². The molecule has 1 aromatic carbocycles. The Morgan fingerprint density at radius 2 is 2.15 bits per heavy atom. The van der Waals surface area contributed by atoms with E-state index in [2.05, 4.69) is 19.2 Å². The number of benzene rings is 1. The lowest BCUT2D eigenvalue weighted by molar-refractivity contribution is -0.885. The summed E-state index contributed by atoms with van der Waals surface area (Å²) < 4.78 is 5.31. The molecule has 112 valence electrons. The lowest BCUT2D eigenvalue weighted by Crippen LogP contribution is -3.08. The zero-order valence-electron chi connectivity index (χ0n) is 12.6. The molecule has 0 fully saturated rings. The molecule has 0 aliphatic carbocycles. The number of halogens is 1. The third-order valence-electron chi connectivity index (χ3n) is 2.90. The van der Waals surface area contributed by atoms with Crippen LogP contribution in [0.15, 0.2) is 18.2 Å². The van der Waals surface area contributed by atoms with Crippen LogP contribution in [0.25, 0.3) is 0 Å². The highest BCUT2D eigenvalue weighted by Gasteiger charge is 2.13. The normalized spacial score (nSPS) is 12.3. The van der Waals surface area contributed by atoms with E-state index in [4.69, 9.17) is 16.3 Å². The fraction of sp³-hybridized carbons (Fsp3) is 0.533. The monoisotopic (exact) mass is 299 g/mol. The molecule has 0 saturated heterocycles. The van der Waals surface area contributed by atoms with Crippen molar-refractivity contribution < 1.29 is 14.4 Å². The van der Waals surface area contributed by atoms with Crippen molar-refractivity contribution in [3.63, 3.8) is 0 Å². The van der Waals surface area contributed by atoms with E-state index in [9.17, 15) is 4.79 Å². The summed E-state index contributed by atoms with van der Waals surface area (Å²) >= 11 is 6.00. The number of ether oxygens (including phenoxy) is 1. The second kappa shape index (κ2) is 8.12. The van der Waals surface area contributed by atoms with Crippen LogP contribution in [0.3, 0.4) is 0 Å². The molecule has 1 atom stereocenters. The minimum atomic E-state index is 0.0668. The Hall–Kier alpha value is -1.26. The molecule has 0 bridgehead atoms. The van der Waals surface area contributed by atoms with Gasteiger partial charge < -0.3 is 15.0 Å². The second-order valence-electron chi connectivity index (χ2n) is 5.46. The lowest BCUT2D eigenvalue weighted by Gasteiger charge is -2.16. The standard InChI is InChI=1S/C15H23ClN2O2/c1-11(2)8-17-15(19)10-18(3)9-12-7-13(16)5-6-14(12)20-4/h5-7,11H,8-10H2,1-4H3,(H,17,19)/p+1. The number of hydrogen-bond donors (Lipinski definition) is 2. The van der Waals surface area contributed by atoms with Gasteiger partial charge in [-0.1, -0.05) is 25.4 Å². The molecule has 1 rings (SSSR count). The summed E-state index contributed by atoms with van der Waals surface area (Å²) in [7, 11) is 3.62. The molecule has 0 aliphatic heterocycles. The molecular weight excluding hydrogens is 276 g/mol. The molecule has 4 nitrogen and oxygen atoms in total. The Balaban J connectivity index is 2.55.